The highest BCUT2D eigenvalue weighted by Crippen LogP contribution is 2.14. The summed E-state index contributed by atoms with van der Waals surface area (Å²) in [5.41, 5.74) is 5.54. The molecule has 4 N–H and O–H groups in total. The van der Waals surface area contributed by atoms with Gasteiger partial charge in [-0.3, -0.25) is 4.79 Å². The van der Waals surface area contributed by atoms with Crippen molar-refractivity contribution >= 4 is 11.7 Å². The van der Waals surface area contributed by atoms with Gasteiger partial charge in [0.2, 0.25) is 5.91 Å². The summed E-state index contributed by atoms with van der Waals surface area (Å²) in [4.78, 5) is 14.2. The number of nitrogens with two attached hydrogens (primary N) is 1. The van der Waals surface area contributed by atoms with Crippen molar-refractivity contribution in [3.63, 3.8) is 0 Å². The SMILES string of the molecule is CCCC(C(=O)NCC1CCCN1C)C(N)=NO. The number of hydrogen-bond donors (Lipinski definition) is 3. The molecule has 0 bridgehead atoms. The largest absolute Gasteiger partial charge is 0.409 e. The average Bonchev–Trinajstić information content (AvgIpc) is 2.77. The van der Waals surface area contributed by atoms with Gasteiger partial charge >= 0.3 is 0 Å². The Bertz CT molecular complexity index is 306. The molecule has 1 heterocycles. The summed E-state index contributed by atoms with van der Waals surface area (Å²) in [5.74, 6) is -0.673. The van der Waals surface area contributed by atoms with Crippen LogP contribution in [0.3, 0.4) is 0 Å². The monoisotopic (exact) mass is 256 g/mol. The summed E-state index contributed by atoms with van der Waals surface area (Å²) < 4.78 is 0. The molecule has 6 nitrogen and oxygen atoms in total. The first-order valence-electron chi connectivity index (χ1n) is 6.55. The van der Waals surface area contributed by atoms with E-state index in [0.717, 1.165) is 19.4 Å². The number of amidine groups is 1. The van der Waals surface area contributed by atoms with Crippen LogP contribution in [-0.2, 0) is 4.79 Å². The fourth-order valence-electron chi connectivity index (χ4n) is 2.35. The highest BCUT2D eigenvalue weighted by molar-refractivity contribution is 6.02. The zero-order chi connectivity index (χ0) is 13.5. The Balaban J connectivity index is 2.46. The molecule has 1 aliphatic heterocycles. The number of hydrogen-bond acceptors (Lipinski definition) is 4. The van der Waals surface area contributed by atoms with Crippen LogP contribution in [0.15, 0.2) is 5.16 Å². The number of oxime groups is 1. The quantitative estimate of drug-likeness (QED) is 0.277. The van der Waals surface area contributed by atoms with Crippen LogP contribution in [0, 0.1) is 5.92 Å². The van der Waals surface area contributed by atoms with Gasteiger partial charge in [-0.15, -0.1) is 0 Å². The number of carbonyl (C=O) groups excluding carboxylic acids is 1. The van der Waals surface area contributed by atoms with Crippen molar-refractivity contribution in [2.45, 2.75) is 38.6 Å². The third-order valence-corrected chi connectivity index (χ3v) is 3.55. The maximum atomic E-state index is 12.0. The molecule has 2 atom stereocenters. The van der Waals surface area contributed by atoms with Gasteiger partial charge in [-0.1, -0.05) is 18.5 Å². The summed E-state index contributed by atoms with van der Waals surface area (Å²) in [6.07, 6.45) is 3.70. The summed E-state index contributed by atoms with van der Waals surface area (Å²) >= 11 is 0. The van der Waals surface area contributed by atoms with Crippen molar-refractivity contribution in [3.8, 4) is 0 Å². The Morgan fingerprint density at radius 1 is 1.67 bits per heavy atom. The molecule has 1 rings (SSSR count). The van der Waals surface area contributed by atoms with Gasteiger partial charge in [-0.05, 0) is 32.9 Å². The maximum absolute atomic E-state index is 12.0. The van der Waals surface area contributed by atoms with Gasteiger partial charge in [0, 0.05) is 12.6 Å². The van der Waals surface area contributed by atoms with Gasteiger partial charge in [0.15, 0.2) is 5.84 Å². The fourth-order valence-corrected chi connectivity index (χ4v) is 2.35. The fraction of sp³-hybridized carbons (Fsp3) is 0.833. The van der Waals surface area contributed by atoms with Crippen molar-refractivity contribution in [1.29, 1.82) is 0 Å². The highest BCUT2D eigenvalue weighted by Gasteiger charge is 2.25. The molecule has 2 unspecified atom stereocenters. The first-order valence-corrected chi connectivity index (χ1v) is 6.55. The maximum Gasteiger partial charge on any atom is 0.230 e. The van der Waals surface area contributed by atoms with E-state index < -0.39 is 5.92 Å². The third kappa shape index (κ3) is 3.87. The lowest BCUT2D eigenvalue weighted by Crippen LogP contribution is -2.44. The molecule has 0 aromatic rings. The lowest BCUT2D eigenvalue weighted by atomic mass is 10.0. The molecule has 6 heteroatoms. The summed E-state index contributed by atoms with van der Waals surface area (Å²) in [7, 11) is 2.07. The number of likely N-dealkylation sites (N-methyl/N-ethyl adjacent to an activating group) is 1. The molecule has 18 heavy (non-hydrogen) atoms. The zero-order valence-electron chi connectivity index (χ0n) is 11.2. The molecule has 104 valence electrons. The van der Waals surface area contributed by atoms with Gasteiger partial charge in [0.1, 0.15) is 0 Å². The van der Waals surface area contributed by atoms with E-state index in [0.29, 0.717) is 19.0 Å². The summed E-state index contributed by atoms with van der Waals surface area (Å²) in [5, 5.41) is 14.5. The predicted octanol–water partition coefficient (Wildman–Crippen LogP) is 0.360. The molecule has 0 saturated carbocycles. The number of rotatable bonds is 6. The lowest BCUT2D eigenvalue weighted by molar-refractivity contribution is -0.123. The van der Waals surface area contributed by atoms with Crippen LogP contribution in [0.5, 0.6) is 0 Å². The van der Waals surface area contributed by atoms with Crippen molar-refractivity contribution in [1.82, 2.24) is 10.2 Å². The molecular weight excluding hydrogens is 232 g/mol. The molecule has 1 amide bonds. The molecule has 1 aliphatic rings. The summed E-state index contributed by atoms with van der Waals surface area (Å²) in [6, 6.07) is 0.406. The van der Waals surface area contributed by atoms with Gasteiger partial charge in [-0.2, -0.15) is 0 Å². The summed E-state index contributed by atoms with van der Waals surface area (Å²) in [6.45, 7) is 3.68. The molecule has 0 spiro atoms. The van der Waals surface area contributed by atoms with E-state index in [1.54, 1.807) is 0 Å². The van der Waals surface area contributed by atoms with E-state index in [1.807, 2.05) is 6.92 Å². The first kappa shape index (κ1) is 14.8. The topological polar surface area (TPSA) is 91.0 Å². The van der Waals surface area contributed by atoms with Crippen LogP contribution < -0.4 is 11.1 Å². The number of nitrogens with one attached hydrogen (secondary N) is 1. The number of nitrogens with zero attached hydrogens (tertiary/aromatic N) is 2. The normalized spacial score (nSPS) is 23.0. The zero-order valence-corrected chi connectivity index (χ0v) is 11.2. The van der Waals surface area contributed by atoms with E-state index in [-0.39, 0.29) is 11.7 Å². The minimum absolute atomic E-state index is 0.00544. The molecule has 0 radical (unpaired) electrons. The minimum Gasteiger partial charge on any atom is -0.409 e. The van der Waals surface area contributed by atoms with Crippen LogP contribution in [0.2, 0.25) is 0 Å². The third-order valence-electron chi connectivity index (χ3n) is 3.55. The number of amides is 1. The van der Waals surface area contributed by atoms with E-state index in [4.69, 9.17) is 10.9 Å². The smallest absolute Gasteiger partial charge is 0.230 e. The van der Waals surface area contributed by atoms with Crippen molar-refractivity contribution in [2.75, 3.05) is 20.1 Å². The van der Waals surface area contributed by atoms with Crippen molar-refractivity contribution in [3.05, 3.63) is 0 Å². The first-order chi connectivity index (χ1) is 8.60. The van der Waals surface area contributed by atoms with Gasteiger partial charge in [0.25, 0.3) is 0 Å². The minimum atomic E-state index is -0.522. The molecule has 0 aliphatic carbocycles. The molecule has 0 aromatic heterocycles. The second-order valence-electron chi connectivity index (χ2n) is 4.89. The van der Waals surface area contributed by atoms with Crippen LogP contribution in [-0.4, -0.2) is 48.0 Å². The molecule has 1 fully saturated rings. The average molecular weight is 256 g/mol. The van der Waals surface area contributed by atoms with E-state index in [1.165, 1.54) is 6.42 Å². The van der Waals surface area contributed by atoms with Crippen LogP contribution >= 0.6 is 0 Å². The van der Waals surface area contributed by atoms with E-state index in [9.17, 15) is 4.79 Å². The molecule has 1 saturated heterocycles. The Hall–Kier alpha value is -1.30. The van der Waals surface area contributed by atoms with Gasteiger partial charge in [0.05, 0.1) is 5.92 Å². The second-order valence-corrected chi connectivity index (χ2v) is 4.89. The standard InChI is InChI=1S/C12H24N4O2/c1-3-5-10(11(13)15-18)12(17)14-8-9-6-4-7-16(9)2/h9-10,18H,3-8H2,1-2H3,(H2,13,15)(H,14,17). The second kappa shape index (κ2) is 7.20. The molecular formula is C12H24N4O2. The Labute approximate surface area is 108 Å². The molecule has 0 aromatic carbocycles. The van der Waals surface area contributed by atoms with E-state index >= 15 is 0 Å². The van der Waals surface area contributed by atoms with Crippen LogP contribution in [0.4, 0.5) is 0 Å². The lowest BCUT2D eigenvalue weighted by Gasteiger charge is -2.21. The van der Waals surface area contributed by atoms with Gasteiger partial charge in [-0.25, -0.2) is 0 Å². The van der Waals surface area contributed by atoms with Gasteiger partial charge < -0.3 is 21.2 Å². The van der Waals surface area contributed by atoms with Crippen molar-refractivity contribution in [2.24, 2.45) is 16.8 Å². The number of carbonyl (C=O) groups is 1. The van der Waals surface area contributed by atoms with Crippen molar-refractivity contribution < 1.29 is 10.0 Å². The highest BCUT2D eigenvalue weighted by atomic mass is 16.4. The van der Waals surface area contributed by atoms with Crippen LogP contribution in [0.25, 0.3) is 0 Å². The Morgan fingerprint density at radius 3 is 2.89 bits per heavy atom. The van der Waals surface area contributed by atoms with E-state index in [2.05, 4.69) is 22.4 Å². The Morgan fingerprint density at radius 2 is 2.39 bits per heavy atom. The number of likely N-dealkylation sites (tertiary alicyclic amines) is 1. The predicted molar refractivity (Wildman–Crippen MR) is 70.5 cm³/mol. The van der Waals surface area contributed by atoms with Crippen LogP contribution in [0.1, 0.15) is 32.6 Å². The Kier molecular flexibility index (Phi) is 5.91.